The van der Waals surface area contributed by atoms with Crippen molar-refractivity contribution in [1.29, 1.82) is 0 Å². The SMILES string of the molecule is CCCCN(CCN)C(=O)c1nccc2ccccc12. The fourth-order valence-corrected chi connectivity index (χ4v) is 2.26. The quantitative estimate of drug-likeness (QED) is 0.878. The number of unbranched alkanes of at least 4 members (excludes halogenated alkanes) is 1. The molecule has 0 aliphatic heterocycles. The van der Waals surface area contributed by atoms with Crippen molar-refractivity contribution in [3.8, 4) is 0 Å². The summed E-state index contributed by atoms with van der Waals surface area (Å²) in [4.78, 5) is 18.8. The van der Waals surface area contributed by atoms with Gasteiger partial charge in [-0.3, -0.25) is 9.78 Å². The summed E-state index contributed by atoms with van der Waals surface area (Å²) in [6, 6.07) is 9.75. The summed E-state index contributed by atoms with van der Waals surface area (Å²) in [5.74, 6) is -0.0271. The summed E-state index contributed by atoms with van der Waals surface area (Å²) in [5, 5.41) is 1.94. The molecule has 106 valence electrons. The number of nitrogens with zero attached hydrogens (tertiary/aromatic N) is 2. The smallest absolute Gasteiger partial charge is 0.273 e. The van der Waals surface area contributed by atoms with Crippen LogP contribution >= 0.6 is 0 Å². The molecule has 0 saturated heterocycles. The fourth-order valence-electron chi connectivity index (χ4n) is 2.26. The molecule has 1 amide bonds. The van der Waals surface area contributed by atoms with Gasteiger partial charge in [-0.1, -0.05) is 37.6 Å². The minimum absolute atomic E-state index is 0.0271. The molecule has 1 aromatic heterocycles. The van der Waals surface area contributed by atoms with Crippen LogP contribution in [0.1, 0.15) is 30.3 Å². The average molecular weight is 271 g/mol. The van der Waals surface area contributed by atoms with Crippen molar-refractivity contribution in [3.63, 3.8) is 0 Å². The first-order valence-corrected chi connectivity index (χ1v) is 7.11. The van der Waals surface area contributed by atoms with Crippen LogP contribution in [0.4, 0.5) is 0 Å². The second kappa shape index (κ2) is 7.01. The van der Waals surface area contributed by atoms with Gasteiger partial charge in [0.05, 0.1) is 0 Å². The third kappa shape index (κ3) is 3.14. The molecule has 2 aromatic rings. The van der Waals surface area contributed by atoms with E-state index in [0.29, 0.717) is 18.8 Å². The average Bonchev–Trinajstić information content (AvgIpc) is 2.50. The maximum atomic E-state index is 12.7. The number of aromatic nitrogens is 1. The molecule has 0 aliphatic carbocycles. The number of hydrogen-bond donors (Lipinski definition) is 1. The molecule has 2 N–H and O–H groups in total. The van der Waals surface area contributed by atoms with Gasteiger partial charge in [-0.2, -0.15) is 0 Å². The van der Waals surface area contributed by atoms with Crippen molar-refractivity contribution in [2.24, 2.45) is 5.73 Å². The lowest BCUT2D eigenvalue weighted by Gasteiger charge is -2.22. The lowest BCUT2D eigenvalue weighted by atomic mass is 10.1. The van der Waals surface area contributed by atoms with Crippen LogP contribution in [0.15, 0.2) is 36.5 Å². The highest BCUT2D eigenvalue weighted by Crippen LogP contribution is 2.18. The molecule has 0 unspecified atom stereocenters. The van der Waals surface area contributed by atoms with Crippen LogP contribution < -0.4 is 5.73 Å². The molecule has 0 fully saturated rings. The topological polar surface area (TPSA) is 59.2 Å². The maximum absolute atomic E-state index is 12.7. The van der Waals surface area contributed by atoms with Gasteiger partial charge in [0, 0.05) is 31.2 Å². The fraction of sp³-hybridized carbons (Fsp3) is 0.375. The van der Waals surface area contributed by atoms with Crippen LogP contribution in [-0.4, -0.2) is 35.4 Å². The number of fused-ring (bicyclic) bond motifs is 1. The highest BCUT2D eigenvalue weighted by atomic mass is 16.2. The second-order valence-corrected chi connectivity index (χ2v) is 4.82. The van der Waals surface area contributed by atoms with E-state index in [1.54, 1.807) is 11.1 Å². The van der Waals surface area contributed by atoms with E-state index in [1.165, 1.54) is 0 Å². The predicted molar refractivity (Wildman–Crippen MR) is 81.6 cm³/mol. The van der Waals surface area contributed by atoms with E-state index in [2.05, 4.69) is 11.9 Å². The number of nitrogens with two attached hydrogens (primary N) is 1. The molecule has 1 heterocycles. The van der Waals surface area contributed by atoms with Crippen LogP contribution in [0.3, 0.4) is 0 Å². The highest BCUT2D eigenvalue weighted by Gasteiger charge is 2.18. The summed E-state index contributed by atoms with van der Waals surface area (Å²) in [5.41, 5.74) is 6.14. The van der Waals surface area contributed by atoms with Crippen LogP contribution in [0, 0.1) is 0 Å². The molecule has 0 aliphatic rings. The van der Waals surface area contributed by atoms with E-state index >= 15 is 0 Å². The van der Waals surface area contributed by atoms with E-state index in [0.717, 1.165) is 30.2 Å². The number of carbonyl (C=O) groups is 1. The Balaban J connectivity index is 2.33. The van der Waals surface area contributed by atoms with Gasteiger partial charge in [-0.25, -0.2) is 0 Å². The van der Waals surface area contributed by atoms with Gasteiger partial charge in [0.25, 0.3) is 5.91 Å². The Hall–Kier alpha value is -1.94. The number of pyridine rings is 1. The minimum atomic E-state index is -0.0271. The van der Waals surface area contributed by atoms with Crippen LogP contribution in [-0.2, 0) is 0 Å². The number of amides is 1. The summed E-state index contributed by atoms with van der Waals surface area (Å²) in [6.07, 6.45) is 3.73. The number of hydrogen-bond acceptors (Lipinski definition) is 3. The lowest BCUT2D eigenvalue weighted by molar-refractivity contribution is 0.0754. The van der Waals surface area contributed by atoms with Crippen LogP contribution in [0.2, 0.25) is 0 Å². The predicted octanol–water partition coefficient (Wildman–Crippen LogP) is 2.44. The molecule has 0 spiro atoms. The van der Waals surface area contributed by atoms with Crippen molar-refractivity contribution in [2.45, 2.75) is 19.8 Å². The zero-order chi connectivity index (χ0) is 14.4. The minimum Gasteiger partial charge on any atom is -0.336 e. The first-order chi connectivity index (χ1) is 9.77. The number of carbonyl (C=O) groups excluding carboxylic acids is 1. The Morgan fingerprint density at radius 1 is 1.25 bits per heavy atom. The first kappa shape index (κ1) is 14.5. The van der Waals surface area contributed by atoms with Gasteiger partial charge in [-0.15, -0.1) is 0 Å². The lowest BCUT2D eigenvalue weighted by Crippen LogP contribution is -2.36. The van der Waals surface area contributed by atoms with Gasteiger partial charge < -0.3 is 10.6 Å². The number of benzene rings is 1. The van der Waals surface area contributed by atoms with Gasteiger partial charge in [0.1, 0.15) is 5.69 Å². The molecule has 0 bridgehead atoms. The molecule has 0 atom stereocenters. The summed E-state index contributed by atoms with van der Waals surface area (Å²) < 4.78 is 0. The van der Waals surface area contributed by atoms with Gasteiger partial charge in [-0.05, 0) is 17.9 Å². The second-order valence-electron chi connectivity index (χ2n) is 4.82. The standard InChI is InChI=1S/C16H21N3O/c1-2-3-11-19(12-9-17)16(20)15-14-7-5-4-6-13(14)8-10-18-15/h4-8,10H,2-3,9,11-12,17H2,1H3. The zero-order valence-electron chi connectivity index (χ0n) is 11.9. The third-order valence-electron chi connectivity index (χ3n) is 3.34. The van der Waals surface area contributed by atoms with E-state index in [9.17, 15) is 4.79 Å². The zero-order valence-corrected chi connectivity index (χ0v) is 11.9. The highest BCUT2D eigenvalue weighted by molar-refractivity contribution is 6.05. The van der Waals surface area contributed by atoms with Crippen molar-refractivity contribution in [1.82, 2.24) is 9.88 Å². The largest absolute Gasteiger partial charge is 0.336 e. The van der Waals surface area contributed by atoms with Gasteiger partial charge in [0.15, 0.2) is 0 Å². The molecular weight excluding hydrogens is 250 g/mol. The van der Waals surface area contributed by atoms with E-state index < -0.39 is 0 Å². The van der Waals surface area contributed by atoms with Crippen LogP contribution in [0.5, 0.6) is 0 Å². The Morgan fingerprint density at radius 2 is 2.05 bits per heavy atom. The Kier molecular flexibility index (Phi) is 5.07. The normalized spacial score (nSPS) is 10.7. The van der Waals surface area contributed by atoms with Crippen molar-refractivity contribution >= 4 is 16.7 Å². The van der Waals surface area contributed by atoms with Crippen molar-refractivity contribution < 1.29 is 4.79 Å². The van der Waals surface area contributed by atoms with E-state index in [1.807, 2.05) is 30.3 Å². The Bertz CT molecular complexity index is 577. The molecule has 4 nitrogen and oxygen atoms in total. The van der Waals surface area contributed by atoms with Gasteiger partial charge in [0.2, 0.25) is 0 Å². The molecule has 20 heavy (non-hydrogen) atoms. The summed E-state index contributed by atoms with van der Waals surface area (Å²) in [7, 11) is 0. The van der Waals surface area contributed by atoms with Crippen molar-refractivity contribution in [3.05, 3.63) is 42.2 Å². The van der Waals surface area contributed by atoms with E-state index in [4.69, 9.17) is 5.73 Å². The number of rotatable bonds is 6. The van der Waals surface area contributed by atoms with Crippen molar-refractivity contribution in [2.75, 3.05) is 19.6 Å². The molecule has 0 saturated carbocycles. The summed E-state index contributed by atoms with van der Waals surface area (Å²) in [6.45, 7) is 3.89. The monoisotopic (exact) mass is 271 g/mol. The first-order valence-electron chi connectivity index (χ1n) is 7.11. The van der Waals surface area contributed by atoms with Gasteiger partial charge >= 0.3 is 0 Å². The molecular formula is C16H21N3O. The Morgan fingerprint density at radius 3 is 2.80 bits per heavy atom. The molecule has 4 heteroatoms. The summed E-state index contributed by atoms with van der Waals surface area (Å²) >= 11 is 0. The third-order valence-corrected chi connectivity index (χ3v) is 3.34. The van der Waals surface area contributed by atoms with Crippen LogP contribution in [0.25, 0.3) is 10.8 Å². The van der Waals surface area contributed by atoms with E-state index in [-0.39, 0.29) is 5.91 Å². The molecule has 1 aromatic carbocycles. The Labute approximate surface area is 119 Å². The maximum Gasteiger partial charge on any atom is 0.273 e. The molecule has 2 rings (SSSR count). The molecule has 0 radical (unpaired) electrons.